The lowest BCUT2D eigenvalue weighted by atomic mass is 10.0. The van der Waals surface area contributed by atoms with Gasteiger partial charge in [0.15, 0.2) is 0 Å². The van der Waals surface area contributed by atoms with Gasteiger partial charge in [-0.1, -0.05) is 11.6 Å². The molecular weight excluding hydrogens is 376 g/mol. The van der Waals surface area contributed by atoms with Crippen molar-refractivity contribution in [1.29, 1.82) is 0 Å². The summed E-state index contributed by atoms with van der Waals surface area (Å²) in [6, 6.07) is 2.77. The maximum Gasteiger partial charge on any atom is 0.417 e. The highest BCUT2D eigenvalue weighted by molar-refractivity contribution is 7.89. The minimum absolute atomic E-state index is 0. The van der Waals surface area contributed by atoms with Gasteiger partial charge in [0.1, 0.15) is 0 Å². The van der Waals surface area contributed by atoms with Crippen LogP contribution < -0.4 is 5.32 Å². The van der Waals surface area contributed by atoms with Crippen LogP contribution in [0.5, 0.6) is 0 Å². The van der Waals surface area contributed by atoms with E-state index < -0.39 is 26.7 Å². The lowest BCUT2D eigenvalue weighted by Crippen LogP contribution is -2.33. The van der Waals surface area contributed by atoms with Gasteiger partial charge in [0, 0.05) is 18.1 Å². The molecule has 0 radical (unpaired) electrons. The summed E-state index contributed by atoms with van der Waals surface area (Å²) in [6.45, 7) is 1.90. The Morgan fingerprint density at radius 1 is 1.17 bits per heavy atom. The van der Waals surface area contributed by atoms with Crippen LogP contribution in [0.1, 0.15) is 5.56 Å². The normalized spacial score (nSPS) is 25.2. The summed E-state index contributed by atoms with van der Waals surface area (Å²) in [5.74, 6) is 0.327. The summed E-state index contributed by atoms with van der Waals surface area (Å²) < 4.78 is 65.7. The van der Waals surface area contributed by atoms with Gasteiger partial charge in [-0.15, -0.1) is 12.4 Å². The van der Waals surface area contributed by atoms with Crippen molar-refractivity contribution >= 4 is 34.0 Å². The lowest BCUT2D eigenvalue weighted by molar-refractivity contribution is -0.139. The van der Waals surface area contributed by atoms with Crippen LogP contribution in [0.4, 0.5) is 13.2 Å². The third kappa shape index (κ3) is 3.46. The minimum atomic E-state index is -4.77. The molecule has 0 aliphatic carbocycles. The maximum atomic E-state index is 13.1. The molecular formula is C13H15Cl2F3N2O2S. The molecule has 0 spiro atoms. The first-order chi connectivity index (χ1) is 10.2. The van der Waals surface area contributed by atoms with E-state index in [0.717, 1.165) is 10.4 Å². The number of fused-ring (bicyclic) bond motifs is 1. The smallest absolute Gasteiger partial charge is 0.316 e. The van der Waals surface area contributed by atoms with Gasteiger partial charge < -0.3 is 5.32 Å². The third-order valence-corrected chi connectivity index (χ3v) is 6.35. The van der Waals surface area contributed by atoms with E-state index in [9.17, 15) is 21.6 Å². The van der Waals surface area contributed by atoms with Crippen molar-refractivity contribution in [2.24, 2.45) is 11.8 Å². The van der Waals surface area contributed by atoms with Crippen LogP contribution >= 0.6 is 24.0 Å². The fourth-order valence-electron chi connectivity index (χ4n) is 3.10. The second kappa shape index (κ2) is 6.40. The number of nitrogens with zero attached hydrogens (tertiary/aromatic N) is 1. The molecule has 2 aliphatic heterocycles. The molecule has 1 aromatic rings. The monoisotopic (exact) mass is 390 g/mol. The van der Waals surface area contributed by atoms with Gasteiger partial charge in [-0.2, -0.15) is 17.5 Å². The molecule has 4 nitrogen and oxygen atoms in total. The molecule has 2 atom stereocenters. The SMILES string of the molecule is Cl.O=S(=O)(c1ccc(Cl)cc1C(F)(F)F)N1C[C@H]2CNC[C@H]2C1. The van der Waals surface area contributed by atoms with Crippen molar-refractivity contribution in [2.45, 2.75) is 11.1 Å². The van der Waals surface area contributed by atoms with Crippen LogP contribution in [-0.2, 0) is 16.2 Å². The molecule has 0 bridgehead atoms. The molecule has 1 N–H and O–H groups in total. The average Bonchev–Trinajstić information content (AvgIpc) is 2.98. The topological polar surface area (TPSA) is 49.4 Å². The van der Waals surface area contributed by atoms with Gasteiger partial charge in [-0.3, -0.25) is 0 Å². The Morgan fingerprint density at radius 3 is 2.26 bits per heavy atom. The molecule has 130 valence electrons. The summed E-state index contributed by atoms with van der Waals surface area (Å²) >= 11 is 5.59. The maximum absolute atomic E-state index is 13.1. The van der Waals surface area contributed by atoms with Crippen molar-refractivity contribution in [1.82, 2.24) is 9.62 Å². The molecule has 0 unspecified atom stereocenters. The summed E-state index contributed by atoms with van der Waals surface area (Å²) in [4.78, 5) is -0.725. The molecule has 0 aromatic heterocycles. The highest BCUT2D eigenvalue weighted by Crippen LogP contribution is 2.38. The van der Waals surface area contributed by atoms with E-state index in [-0.39, 0.29) is 42.4 Å². The van der Waals surface area contributed by atoms with Crippen molar-refractivity contribution in [3.63, 3.8) is 0 Å². The van der Waals surface area contributed by atoms with Gasteiger partial charge in [0.2, 0.25) is 10.0 Å². The number of nitrogens with one attached hydrogen (secondary N) is 1. The Morgan fingerprint density at radius 2 is 1.74 bits per heavy atom. The second-order valence-corrected chi connectivity index (χ2v) is 7.98. The highest BCUT2D eigenvalue weighted by atomic mass is 35.5. The number of sulfonamides is 1. The van der Waals surface area contributed by atoms with Gasteiger partial charge in [0.05, 0.1) is 10.5 Å². The van der Waals surface area contributed by atoms with Gasteiger partial charge in [0.25, 0.3) is 0 Å². The third-order valence-electron chi connectivity index (χ3n) is 4.22. The van der Waals surface area contributed by atoms with Crippen LogP contribution in [0.3, 0.4) is 0 Å². The Labute approximate surface area is 143 Å². The largest absolute Gasteiger partial charge is 0.417 e. The van der Waals surface area contributed by atoms with Crippen molar-refractivity contribution in [3.05, 3.63) is 28.8 Å². The van der Waals surface area contributed by atoms with Gasteiger partial charge >= 0.3 is 6.18 Å². The Bertz CT molecular complexity index is 685. The molecule has 2 fully saturated rings. The van der Waals surface area contributed by atoms with Gasteiger partial charge in [-0.25, -0.2) is 8.42 Å². The van der Waals surface area contributed by atoms with E-state index in [2.05, 4.69) is 5.32 Å². The quantitative estimate of drug-likeness (QED) is 0.844. The highest BCUT2D eigenvalue weighted by Gasteiger charge is 2.44. The first-order valence-electron chi connectivity index (χ1n) is 6.77. The van der Waals surface area contributed by atoms with Crippen LogP contribution in [0.15, 0.2) is 23.1 Å². The summed E-state index contributed by atoms with van der Waals surface area (Å²) in [5, 5.41) is 3.02. The Kier molecular flexibility index (Phi) is 5.23. The van der Waals surface area contributed by atoms with Gasteiger partial charge in [-0.05, 0) is 43.1 Å². The molecule has 2 saturated heterocycles. The van der Waals surface area contributed by atoms with E-state index in [0.29, 0.717) is 19.2 Å². The number of benzene rings is 1. The van der Waals surface area contributed by atoms with Crippen LogP contribution in [-0.4, -0.2) is 38.9 Å². The predicted molar refractivity (Wildman–Crippen MR) is 82.3 cm³/mol. The molecule has 2 heterocycles. The lowest BCUT2D eigenvalue weighted by Gasteiger charge is -2.20. The molecule has 2 aliphatic rings. The average molecular weight is 391 g/mol. The van der Waals surface area contributed by atoms with E-state index in [4.69, 9.17) is 11.6 Å². The fourth-order valence-corrected chi connectivity index (χ4v) is 5.01. The molecule has 10 heteroatoms. The van der Waals surface area contributed by atoms with E-state index in [1.807, 2.05) is 0 Å². The molecule has 23 heavy (non-hydrogen) atoms. The van der Waals surface area contributed by atoms with Crippen molar-refractivity contribution in [3.8, 4) is 0 Å². The van der Waals surface area contributed by atoms with E-state index in [1.165, 1.54) is 6.07 Å². The van der Waals surface area contributed by atoms with Crippen LogP contribution in [0, 0.1) is 11.8 Å². The van der Waals surface area contributed by atoms with Crippen molar-refractivity contribution < 1.29 is 21.6 Å². The van der Waals surface area contributed by atoms with Crippen LogP contribution in [0.25, 0.3) is 0 Å². The van der Waals surface area contributed by atoms with Crippen LogP contribution in [0.2, 0.25) is 5.02 Å². The predicted octanol–water partition coefficient (Wildman–Crippen LogP) is 2.62. The van der Waals surface area contributed by atoms with Crippen molar-refractivity contribution in [2.75, 3.05) is 26.2 Å². The minimum Gasteiger partial charge on any atom is -0.316 e. The van der Waals surface area contributed by atoms with E-state index >= 15 is 0 Å². The molecule has 0 saturated carbocycles. The number of halogens is 5. The van der Waals surface area contributed by atoms with E-state index in [1.54, 1.807) is 0 Å². The summed E-state index contributed by atoms with van der Waals surface area (Å²) in [5.41, 5.74) is -1.21. The number of hydrogen-bond donors (Lipinski definition) is 1. The molecule has 1 aromatic carbocycles. The first-order valence-corrected chi connectivity index (χ1v) is 8.59. The Balaban J connectivity index is 0.00000192. The first kappa shape index (κ1) is 18.8. The summed E-state index contributed by atoms with van der Waals surface area (Å²) in [6.07, 6.45) is -4.77. The second-order valence-electron chi connectivity index (χ2n) is 5.64. The standard InChI is InChI=1S/C13H14ClF3N2O2S.ClH/c14-10-1-2-12(11(3-10)13(15,16)17)22(20,21)19-6-8-4-18-5-9(8)7-19;/h1-3,8-9,18H,4-7H2;1H/t8-,9+;. The molecule has 0 amide bonds. The number of hydrogen-bond acceptors (Lipinski definition) is 3. The fraction of sp³-hybridized carbons (Fsp3) is 0.538. The number of alkyl halides is 3. The molecule has 3 rings (SSSR count). The zero-order chi connectivity index (χ0) is 16.1. The number of rotatable bonds is 2. The zero-order valence-electron chi connectivity index (χ0n) is 11.8. The Hall–Kier alpha value is -0.540. The zero-order valence-corrected chi connectivity index (χ0v) is 14.2. The summed E-state index contributed by atoms with van der Waals surface area (Å²) in [7, 11) is -4.18.